The molecule has 5 N–H and O–H groups in total. The second kappa shape index (κ2) is 5.31. The van der Waals surface area contributed by atoms with E-state index in [0.717, 1.165) is 0 Å². The molecule has 20 heavy (non-hydrogen) atoms. The fraction of sp³-hybridized carbons (Fsp3) is 0.0909. The third-order valence-corrected chi connectivity index (χ3v) is 3.41. The van der Waals surface area contributed by atoms with E-state index in [1.54, 1.807) is 0 Å². The summed E-state index contributed by atoms with van der Waals surface area (Å²) in [7, 11) is -3.72. The summed E-state index contributed by atoms with van der Waals surface area (Å²) in [5, 5.41) is 7.91. The van der Waals surface area contributed by atoms with Crippen LogP contribution in [0.3, 0.4) is 0 Å². The van der Waals surface area contributed by atoms with Crippen LogP contribution in [0.4, 0.5) is 5.69 Å². The highest BCUT2D eigenvalue weighted by atomic mass is 32.2. The number of nitrogens with two attached hydrogens (primary N) is 1. The summed E-state index contributed by atoms with van der Waals surface area (Å²) < 4.78 is 22.2. The third kappa shape index (κ3) is 3.56. The van der Waals surface area contributed by atoms with Crippen molar-refractivity contribution < 1.29 is 8.42 Å². The summed E-state index contributed by atoms with van der Waals surface area (Å²) in [5.74, 6) is 0. The Hall–Kier alpha value is -2.39. The van der Waals surface area contributed by atoms with E-state index in [2.05, 4.69) is 15.3 Å². The second-order valence-corrected chi connectivity index (χ2v) is 5.60. The SMILES string of the molecule is NS(=O)(=O)c1ccc(NCc2cc(=O)[nH]c(=O)[nH]2)cc1. The average Bonchev–Trinajstić information content (AvgIpc) is 2.35. The lowest BCUT2D eigenvalue weighted by atomic mass is 10.3. The van der Waals surface area contributed by atoms with Crippen LogP contribution in [0, 0.1) is 0 Å². The summed E-state index contributed by atoms with van der Waals surface area (Å²) in [6, 6.07) is 7.04. The molecule has 0 saturated carbocycles. The molecule has 0 unspecified atom stereocenters. The number of H-pyrrole nitrogens is 2. The quantitative estimate of drug-likeness (QED) is 0.592. The number of nitrogens with one attached hydrogen (secondary N) is 3. The Balaban J connectivity index is 2.11. The minimum absolute atomic E-state index is 0.00705. The zero-order valence-corrected chi connectivity index (χ0v) is 11.0. The van der Waals surface area contributed by atoms with Gasteiger partial charge in [0, 0.05) is 17.4 Å². The van der Waals surface area contributed by atoms with Crippen LogP contribution in [-0.4, -0.2) is 18.4 Å². The maximum atomic E-state index is 11.1. The van der Waals surface area contributed by atoms with Gasteiger partial charge in [-0.1, -0.05) is 0 Å². The molecular formula is C11H12N4O4S. The predicted molar refractivity (Wildman–Crippen MR) is 72.8 cm³/mol. The average molecular weight is 296 g/mol. The molecule has 1 aromatic heterocycles. The maximum Gasteiger partial charge on any atom is 0.325 e. The molecule has 2 rings (SSSR count). The fourth-order valence-corrected chi connectivity index (χ4v) is 2.09. The van der Waals surface area contributed by atoms with Crippen molar-refractivity contribution in [3.05, 3.63) is 56.9 Å². The summed E-state index contributed by atoms with van der Waals surface area (Å²) in [6.07, 6.45) is 0. The minimum Gasteiger partial charge on any atom is -0.379 e. The van der Waals surface area contributed by atoms with E-state index in [1.165, 1.54) is 30.3 Å². The molecule has 1 aromatic carbocycles. The van der Waals surface area contributed by atoms with Crippen molar-refractivity contribution in [2.45, 2.75) is 11.4 Å². The van der Waals surface area contributed by atoms with Gasteiger partial charge in [-0.05, 0) is 24.3 Å². The van der Waals surface area contributed by atoms with E-state index >= 15 is 0 Å². The molecule has 0 spiro atoms. The van der Waals surface area contributed by atoms with E-state index in [1.807, 2.05) is 0 Å². The monoisotopic (exact) mass is 296 g/mol. The number of sulfonamides is 1. The van der Waals surface area contributed by atoms with Crippen LogP contribution in [0.1, 0.15) is 5.69 Å². The van der Waals surface area contributed by atoms with E-state index in [4.69, 9.17) is 5.14 Å². The number of anilines is 1. The Bertz CT molecular complexity index is 792. The molecule has 0 bridgehead atoms. The minimum atomic E-state index is -3.72. The molecule has 2 aromatic rings. The van der Waals surface area contributed by atoms with Crippen LogP contribution in [0.2, 0.25) is 0 Å². The van der Waals surface area contributed by atoms with Crippen LogP contribution in [-0.2, 0) is 16.6 Å². The van der Waals surface area contributed by atoms with Crippen molar-refractivity contribution in [1.29, 1.82) is 0 Å². The molecule has 0 aliphatic carbocycles. The molecule has 0 amide bonds. The molecule has 8 nitrogen and oxygen atoms in total. The van der Waals surface area contributed by atoms with Crippen LogP contribution in [0.5, 0.6) is 0 Å². The first-order chi connectivity index (χ1) is 9.34. The summed E-state index contributed by atoms with van der Waals surface area (Å²) in [6.45, 7) is 0.216. The summed E-state index contributed by atoms with van der Waals surface area (Å²) in [4.78, 5) is 26.7. The molecule has 0 saturated heterocycles. The van der Waals surface area contributed by atoms with Crippen molar-refractivity contribution >= 4 is 15.7 Å². The van der Waals surface area contributed by atoms with Gasteiger partial charge >= 0.3 is 5.69 Å². The van der Waals surface area contributed by atoms with Crippen molar-refractivity contribution in [2.75, 3.05) is 5.32 Å². The lowest BCUT2D eigenvalue weighted by molar-refractivity contribution is 0.598. The highest BCUT2D eigenvalue weighted by molar-refractivity contribution is 7.89. The Labute approximate surface area is 113 Å². The maximum absolute atomic E-state index is 11.1. The van der Waals surface area contributed by atoms with Gasteiger partial charge in [0.25, 0.3) is 5.56 Å². The van der Waals surface area contributed by atoms with Crippen LogP contribution in [0.15, 0.2) is 44.8 Å². The van der Waals surface area contributed by atoms with E-state index in [9.17, 15) is 18.0 Å². The van der Waals surface area contributed by atoms with Gasteiger partial charge in [0.15, 0.2) is 0 Å². The van der Waals surface area contributed by atoms with Gasteiger partial charge in [-0.3, -0.25) is 9.78 Å². The smallest absolute Gasteiger partial charge is 0.325 e. The Kier molecular flexibility index (Phi) is 3.72. The van der Waals surface area contributed by atoms with Gasteiger partial charge in [0.05, 0.1) is 11.4 Å². The number of primary sulfonamides is 1. The zero-order valence-electron chi connectivity index (χ0n) is 10.2. The molecule has 1 heterocycles. The van der Waals surface area contributed by atoms with Gasteiger partial charge < -0.3 is 10.3 Å². The van der Waals surface area contributed by atoms with Crippen LogP contribution < -0.4 is 21.7 Å². The summed E-state index contributed by atoms with van der Waals surface area (Å²) in [5.41, 5.74) is -0.0400. The number of hydrogen-bond donors (Lipinski definition) is 4. The first kappa shape index (κ1) is 14.0. The van der Waals surface area contributed by atoms with Gasteiger partial charge in [-0.2, -0.15) is 0 Å². The summed E-state index contributed by atoms with van der Waals surface area (Å²) >= 11 is 0. The van der Waals surface area contributed by atoms with E-state index < -0.39 is 21.3 Å². The molecular weight excluding hydrogens is 284 g/mol. The fourth-order valence-electron chi connectivity index (χ4n) is 1.57. The second-order valence-electron chi connectivity index (χ2n) is 4.04. The predicted octanol–water partition coefficient (Wildman–Crippen LogP) is -0.677. The van der Waals surface area contributed by atoms with E-state index in [0.29, 0.717) is 11.4 Å². The highest BCUT2D eigenvalue weighted by Crippen LogP contribution is 2.13. The molecule has 106 valence electrons. The van der Waals surface area contributed by atoms with Gasteiger partial charge in [-0.15, -0.1) is 0 Å². The largest absolute Gasteiger partial charge is 0.379 e. The van der Waals surface area contributed by atoms with E-state index in [-0.39, 0.29) is 11.4 Å². The van der Waals surface area contributed by atoms with Crippen LogP contribution in [0.25, 0.3) is 0 Å². The number of rotatable bonds is 4. The molecule has 0 radical (unpaired) electrons. The standard InChI is InChI=1S/C11H12N4O4S/c12-20(18,19)9-3-1-7(2-4-9)13-6-8-5-10(16)15-11(17)14-8/h1-5,13H,6H2,(H2,12,18,19)(H2,14,15,16,17). The molecule has 0 fully saturated rings. The molecule has 0 aliphatic heterocycles. The number of benzene rings is 1. The van der Waals surface area contributed by atoms with Crippen molar-refractivity contribution in [1.82, 2.24) is 9.97 Å². The Morgan fingerprint density at radius 3 is 2.30 bits per heavy atom. The van der Waals surface area contributed by atoms with Crippen molar-refractivity contribution in [2.24, 2.45) is 5.14 Å². The van der Waals surface area contributed by atoms with Crippen LogP contribution >= 0.6 is 0 Å². The van der Waals surface area contributed by atoms with Crippen molar-refractivity contribution in [3.63, 3.8) is 0 Å². The number of aromatic amines is 2. The third-order valence-electron chi connectivity index (χ3n) is 2.48. The lowest BCUT2D eigenvalue weighted by Crippen LogP contribution is -2.23. The number of hydrogen-bond acceptors (Lipinski definition) is 5. The normalized spacial score (nSPS) is 11.2. The Morgan fingerprint density at radius 2 is 1.75 bits per heavy atom. The first-order valence-corrected chi connectivity index (χ1v) is 7.08. The topological polar surface area (TPSA) is 138 Å². The lowest BCUT2D eigenvalue weighted by Gasteiger charge is -2.06. The van der Waals surface area contributed by atoms with Gasteiger partial charge in [0.1, 0.15) is 0 Å². The van der Waals surface area contributed by atoms with Gasteiger partial charge in [-0.25, -0.2) is 18.4 Å². The number of aromatic nitrogens is 2. The molecule has 9 heteroatoms. The molecule has 0 atom stereocenters. The Morgan fingerprint density at radius 1 is 1.10 bits per heavy atom. The zero-order chi connectivity index (χ0) is 14.8. The van der Waals surface area contributed by atoms with Crippen molar-refractivity contribution in [3.8, 4) is 0 Å². The van der Waals surface area contributed by atoms with Gasteiger partial charge in [0.2, 0.25) is 10.0 Å². The highest BCUT2D eigenvalue weighted by Gasteiger charge is 2.06. The first-order valence-electron chi connectivity index (χ1n) is 5.54. The molecule has 0 aliphatic rings.